The third-order valence-electron chi connectivity index (χ3n) is 1.96. The first-order valence-electron chi connectivity index (χ1n) is 4.63. The van der Waals surface area contributed by atoms with Crippen molar-refractivity contribution in [2.75, 3.05) is 5.32 Å². The van der Waals surface area contributed by atoms with Gasteiger partial charge in [-0.05, 0) is 6.07 Å². The van der Waals surface area contributed by atoms with Gasteiger partial charge in [-0.25, -0.2) is 14.9 Å². The number of nitro groups is 1. The van der Waals surface area contributed by atoms with E-state index in [4.69, 9.17) is 0 Å². The number of hydrogen-bond acceptors (Lipinski definition) is 6. The van der Waals surface area contributed by atoms with Gasteiger partial charge in [0, 0.05) is 12.3 Å². The van der Waals surface area contributed by atoms with Crippen molar-refractivity contribution in [2.24, 2.45) is 0 Å². The zero-order valence-electron chi connectivity index (χ0n) is 8.51. The zero-order valence-corrected chi connectivity index (χ0v) is 8.51. The maximum atomic E-state index is 10.8. The highest BCUT2D eigenvalue weighted by Gasteiger charge is 2.13. The van der Waals surface area contributed by atoms with E-state index in [-0.39, 0.29) is 18.1 Å². The number of aromatic amines is 2. The molecule has 88 valence electrons. The molecule has 0 aliphatic rings. The Labute approximate surface area is 94.1 Å². The van der Waals surface area contributed by atoms with Crippen molar-refractivity contribution in [1.29, 1.82) is 0 Å². The van der Waals surface area contributed by atoms with E-state index in [9.17, 15) is 14.9 Å². The van der Waals surface area contributed by atoms with Crippen LogP contribution in [-0.4, -0.2) is 25.1 Å². The van der Waals surface area contributed by atoms with Crippen molar-refractivity contribution in [3.63, 3.8) is 0 Å². The summed E-state index contributed by atoms with van der Waals surface area (Å²) in [4.78, 5) is 27.1. The fourth-order valence-electron chi connectivity index (χ4n) is 1.24. The topological polar surface area (TPSA) is 130 Å². The first kappa shape index (κ1) is 10.8. The highest BCUT2D eigenvalue weighted by molar-refractivity contribution is 5.54. The molecular formula is C8H8N6O3. The number of nitrogens with zero attached hydrogens (tertiary/aromatic N) is 3. The SMILES string of the molecule is O=c1[nH]nc(CNc2ncccc2[N+](=O)[O-])[nH]1. The van der Waals surface area contributed by atoms with Crippen LogP contribution in [-0.2, 0) is 6.54 Å². The Hall–Kier alpha value is -2.71. The molecule has 2 aromatic rings. The van der Waals surface area contributed by atoms with Crippen LogP contribution in [0.15, 0.2) is 23.1 Å². The van der Waals surface area contributed by atoms with Crippen LogP contribution in [0, 0.1) is 10.1 Å². The number of aromatic nitrogens is 4. The Morgan fingerprint density at radius 3 is 3.00 bits per heavy atom. The Morgan fingerprint density at radius 1 is 1.53 bits per heavy atom. The number of nitrogens with one attached hydrogen (secondary N) is 3. The Morgan fingerprint density at radius 2 is 2.35 bits per heavy atom. The maximum Gasteiger partial charge on any atom is 0.340 e. The van der Waals surface area contributed by atoms with Crippen molar-refractivity contribution in [3.05, 3.63) is 44.8 Å². The lowest BCUT2D eigenvalue weighted by molar-refractivity contribution is -0.384. The molecule has 2 heterocycles. The number of hydrogen-bond donors (Lipinski definition) is 3. The van der Waals surface area contributed by atoms with Crippen LogP contribution in [0.1, 0.15) is 5.82 Å². The molecular weight excluding hydrogens is 228 g/mol. The van der Waals surface area contributed by atoms with Gasteiger partial charge in [0.1, 0.15) is 5.82 Å². The number of anilines is 1. The molecule has 0 aliphatic carbocycles. The van der Waals surface area contributed by atoms with Crippen LogP contribution < -0.4 is 11.0 Å². The Balaban J connectivity index is 2.14. The summed E-state index contributed by atoms with van der Waals surface area (Å²) in [5.41, 5.74) is -0.567. The van der Waals surface area contributed by atoms with Crippen LogP contribution in [0.2, 0.25) is 0 Å². The van der Waals surface area contributed by atoms with E-state index in [1.165, 1.54) is 18.3 Å². The fourth-order valence-corrected chi connectivity index (χ4v) is 1.24. The van der Waals surface area contributed by atoms with Crippen molar-refractivity contribution in [2.45, 2.75) is 6.54 Å². The maximum absolute atomic E-state index is 10.8. The van der Waals surface area contributed by atoms with E-state index in [1.54, 1.807) is 0 Å². The average molecular weight is 236 g/mol. The van der Waals surface area contributed by atoms with Gasteiger partial charge in [0.05, 0.1) is 11.5 Å². The lowest BCUT2D eigenvalue weighted by Gasteiger charge is -2.02. The van der Waals surface area contributed by atoms with Crippen LogP contribution in [0.4, 0.5) is 11.5 Å². The van der Waals surface area contributed by atoms with Gasteiger partial charge < -0.3 is 5.32 Å². The molecule has 0 saturated carbocycles. The van der Waals surface area contributed by atoms with Gasteiger partial charge in [-0.2, -0.15) is 5.10 Å². The largest absolute Gasteiger partial charge is 0.357 e. The van der Waals surface area contributed by atoms with Gasteiger partial charge >= 0.3 is 11.4 Å². The molecule has 0 radical (unpaired) electrons. The predicted octanol–water partition coefficient (Wildman–Crippen LogP) is 0.0133. The average Bonchev–Trinajstić information content (AvgIpc) is 2.73. The molecule has 0 amide bonds. The third kappa shape index (κ3) is 2.45. The molecule has 2 aromatic heterocycles. The minimum absolute atomic E-state index is 0.126. The molecule has 0 spiro atoms. The van der Waals surface area contributed by atoms with E-state index in [2.05, 4.69) is 25.5 Å². The summed E-state index contributed by atoms with van der Waals surface area (Å²) >= 11 is 0. The van der Waals surface area contributed by atoms with Gasteiger partial charge in [0.25, 0.3) is 0 Å². The molecule has 17 heavy (non-hydrogen) atoms. The highest BCUT2D eigenvalue weighted by atomic mass is 16.6. The van der Waals surface area contributed by atoms with E-state index >= 15 is 0 Å². The summed E-state index contributed by atoms with van der Waals surface area (Å²) in [6.45, 7) is 0.136. The van der Waals surface area contributed by atoms with Crippen molar-refractivity contribution >= 4 is 11.5 Å². The lowest BCUT2D eigenvalue weighted by Crippen LogP contribution is -2.07. The number of rotatable bonds is 4. The summed E-state index contributed by atoms with van der Waals surface area (Å²) < 4.78 is 0. The molecule has 0 aliphatic heterocycles. The zero-order chi connectivity index (χ0) is 12.3. The van der Waals surface area contributed by atoms with Crippen molar-refractivity contribution in [1.82, 2.24) is 20.2 Å². The second kappa shape index (κ2) is 4.43. The number of H-pyrrole nitrogens is 2. The molecule has 9 heteroatoms. The van der Waals surface area contributed by atoms with Gasteiger partial charge in [0.2, 0.25) is 5.82 Å². The minimum atomic E-state index is -0.539. The molecule has 3 N–H and O–H groups in total. The lowest BCUT2D eigenvalue weighted by atomic mass is 10.4. The predicted molar refractivity (Wildman–Crippen MR) is 57.4 cm³/mol. The normalized spacial score (nSPS) is 10.1. The summed E-state index contributed by atoms with van der Waals surface area (Å²) in [5.74, 6) is 0.469. The second-order valence-corrected chi connectivity index (χ2v) is 3.11. The third-order valence-corrected chi connectivity index (χ3v) is 1.96. The van der Waals surface area contributed by atoms with Crippen LogP contribution >= 0.6 is 0 Å². The first-order chi connectivity index (χ1) is 8.16. The van der Waals surface area contributed by atoms with Gasteiger partial charge in [-0.1, -0.05) is 0 Å². The van der Waals surface area contributed by atoms with Gasteiger partial charge in [-0.3, -0.25) is 15.1 Å². The number of pyridine rings is 1. The Kier molecular flexibility index (Phi) is 2.81. The molecule has 0 atom stereocenters. The Bertz CT molecular complexity index is 589. The van der Waals surface area contributed by atoms with E-state index in [0.29, 0.717) is 5.82 Å². The molecule has 0 saturated heterocycles. The van der Waals surface area contributed by atoms with Gasteiger partial charge in [-0.15, -0.1) is 0 Å². The molecule has 0 unspecified atom stereocenters. The summed E-state index contributed by atoms with van der Waals surface area (Å²) in [6, 6.07) is 2.81. The molecule has 2 rings (SSSR count). The summed E-state index contributed by atoms with van der Waals surface area (Å²) in [7, 11) is 0. The van der Waals surface area contributed by atoms with E-state index in [1.807, 2.05) is 0 Å². The van der Waals surface area contributed by atoms with E-state index < -0.39 is 10.6 Å². The quantitative estimate of drug-likeness (QED) is 0.506. The standard InChI is InChI=1S/C8H8N6O3/c15-8-11-6(12-13-8)4-10-7-5(14(16)17)2-1-3-9-7/h1-3H,4H2,(H,9,10)(H2,11,12,13,15). The first-order valence-corrected chi connectivity index (χ1v) is 4.63. The minimum Gasteiger partial charge on any atom is -0.357 e. The second-order valence-electron chi connectivity index (χ2n) is 3.11. The highest BCUT2D eigenvalue weighted by Crippen LogP contribution is 2.20. The van der Waals surface area contributed by atoms with Gasteiger partial charge in [0.15, 0.2) is 0 Å². The summed E-state index contributed by atoms with van der Waals surface area (Å²) in [6.07, 6.45) is 1.43. The molecule has 0 aromatic carbocycles. The van der Waals surface area contributed by atoms with E-state index in [0.717, 1.165) is 0 Å². The molecule has 0 fully saturated rings. The summed E-state index contributed by atoms with van der Waals surface area (Å²) in [5, 5.41) is 19.2. The van der Waals surface area contributed by atoms with Crippen molar-refractivity contribution in [3.8, 4) is 0 Å². The monoisotopic (exact) mass is 236 g/mol. The fraction of sp³-hybridized carbons (Fsp3) is 0.125. The smallest absolute Gasteiger partial charge is 0.340 e. The molecule has 9 nitrogen and oxygen atoms in total. The van der Waals surface area contributed by atoms with Crippen LogP contribution in [0.5, 0.6) is 0 Å². The molecule has 0 bridgehead atoms. The van der Waals surface area contributed by atoms with Crippen LogP contribution in [0.25, 0.3) is 0 Å². The van der Waals surface area contributed by atoms with Crippen molar-refractivity contribution < 1.29 is 4.92 Å². The van der Waals surface area contributed by atoms with Crippen LogP contribution in [0.3, 0.4) is 0 Å².